The van der Waals surface area contributed by atoms with Gasteiger partial charge in [-0.3, -0.25) is 9.59 Å². The fourth-order valence-electron chi connectivity index (χ4n) is 3.07. The van der Waals surface area contributed by atoms with Crippen molar-refractivity contribution in [3.8, 4) is 0 Å². The number of hydrogen-bond donors (Lipinski definition) is 2. The van der Waals surface area contributed by atoms with E-state index in [9.17, 15) is 22.4 Å². The van der Waals surface area contributed by atoms with Crippen LogP contribution in [0, 0.1) is 11.7 Å². The molecule has 0 aromatic heterocycles. The molecule has 0 aliphatic carbocycles. The van der Waals surface area contributed by atoms with E-state index in [4.69, 9.17) is 0 Å². The second-order valence-corrected chi connectivity index (χ2v) is 8.28. The lowest BCUT2D eigenvalue weighted by Crippen LogP contribution is -2.37. The Balaban J connectivity index is 1.69. The lowest BCUT2D eigenvalue weighted by molar-refractivity contribution is -0.126. The van der Waals surface area contributed by atoms with Crippen LogP contribution in [0.5, 0.6) is 0 Å². The molecule has 0 radical (unpaired) electrons. The molecule has 124 valence electrons. The molecule has 2 amide bonds. The summed E-state index contributed by atoms with van der Waals surface area (Å²) < 4.78 is 36.1. The Hall–Kier alpha value is -1.96. The molecule has 0 saturated carbocycles. The minimum atomic E-state index is -2.99. The van der Waals surface area contributed by atoms with Gasteiger partial charge in [-0.05, 0) is 30.0 Å². The second-order valence-electron chi connectivity index (χ2n) is 6.05. The molecule has 0 bridgehead atoms. The van der Waals surface area contributed by atoms with Gasteiger partial charge < -0.3 is 10.6 Å². The monoisotopic (exact) mass is 340 g/mol. The number of hydrogen-bond acceptors (Lipinski definition) is 4. The summed E-state index contributed by atoms with van der Waals surface area (Å²) in [5, 5.41) is 5.29. The Morgan fingerprint density at radius 2 is 2.17 bits per heavy atom. The average Bonchev–Trinajstić information content (AvgIpc) is 2.82. The van der Waals surface area contributed by atoms with Gasteiger partial charge in [-0.25, -0.2) is 12.8 Å². The van der Waals surface area contributed by atoms with Crippen LogP contribution in [0.25, 0.3) is 0 Å². The SMILES string of the molecule is O=C1C[C@H](C(=O)NC[C@@H]2CCS(=O)(=O)C2)c2ccc(F)cc2N1. The van der Waals surface area contributed by atoms with Gasteiger partial charge in [-0.1, -0.05) is 6.07 Å². The molecule has 1 saturated heterocycles. The van der Waals surface area contributed by atoms with E-state index < -0.39 is 21.6 Å². The van der Waals surface area contributed by atoms with E-state index in [2.05, 4.69) is 10.6 Å². The van der Waals surface area contributed by atoms with Crippen molar-refractivity contribution >= 4 is 27.3 Å². The first kappa shape index (κ1) is 15.9. The molecular formula is C15H17FN2O4S. The lowest BCUT2D eigenvalue weighted by Gasteiger charge is -2.25. The first-order chi connectivity index (χ1) is 10.8. The summed E-state index contributed by atoms with van der Waals surface area (Å²) in [6, 6.07) is 3.94. The van der Waals surface area contributed by atoms with Crippen molar-refractivity contribution in [3.63, 3.8) is 0 Å². The molecule has 0 unspecified atom stereocenters. The smallest absolute Gasteiger partial charge is 0.228 e. The van der Waals surface area contributed by atoms with Crippen LogP contribution in [0.1, 0.15) is 24.3 Å². The van der Waals surface area contributed by atoms with Crippen LogP contribution in [0.4, 0.5) is 10.1 Å². The maximum absolute atomic E-state index is 13.3. The molecule has 0 spiro atoms. The summed E-state index contributed by atoms with van der Waals surface area (Å²) in [4.78, 5) is 24.1. The van der Waals surface area contributed by atoms with Gasteiger partial charge >= 0.3 is 0 Å². The third-order valence-electron chi connectivity index (χ3n) is 4.26. The standard InChI is InChI=1S/C15H17FN2O4S/c16-10-1-2-11-12(6-14(19)18-13(11)5-10)15(20)17-7-9-3-4-23(21,22)8-9/h1-2,5,9,12H,3-4,6-8H2,(H,17,20)(H,18,19)/t9-,12-/m0/s1. The molecule has 1 fully saturated rings. The third kappa shape index (κ3) is 3.52. The van der Waals surface area contributed by atoms with Gasteiger partial charge in [0.05, 0.1) is 17.4 Å². The van der Waals surface area contributed by atoms with Gasteiger partial charge in [0.1, 0.15) is 5.82 Å². The van der Waals surface area contributed by atoms with E-state index in [0.29, 0.717) is 17.7 Å². The van der Waals surface area contributed by atoms with Crippen LogP contribution in [-0.4, -0.2) is 38.3 Å². The second kappa shape index (κ2) is 5.92. The van der Waals surface area contributed by atoms with Crippen molar-refractivity contribution in [2.45, 2.75) is 18.8 Å². The number of fused-ring (bicyclic) bond motifs is 1. The molecule has 23 heavy (non-hydrogen) atoms. The van der Waals surface area contributed by atoms with Gasteiger partial charge in [0, 0.05) is 18.7 Å². The minimum absolute atomic E-state index is 0.00652. The van der Waals surface area contributed by atoms with Crippen molar-refractivity contribution in [2.24, 2.45) is 5.92 Å². The fourth-order valence-corrected chi connectivity index (χ4v) is 4.93. The van der Waals surface area contributed by atoms with E-state index in [-0.39, 0.29) is 42.2 Å². The van der Waals surface area contributed by atoms with E-state index in [1.54, 1.807) is 0 Å². The maximum Gasteiger partial charge on any atom is 0.228 e. The van der Waals surface area contributed by atoms with Crippen LogP contribution < -0.4 is 10.6 Å². The number of nitrogens with one attached hydrogen (secondary N) is 2. The Kier molecular flexibility index (Phi) is 4.09. The maximum atomic E-state index is 13.3. The fraction of sp³-hybridized carbons (Fsp3) is 0.467. The predicted molar refractivity (Wildman–Crippen MR) is 82.2 cm³/mol. The zero-order chi connectivity index (χ0) is 16.6. The summed E-state index contributed by atoms with van der Waals surface area (Å²) in [7, 11) is -2.99. The van der Waals surface area contributed by atoms with Gasteiger partial charge in [-0.15, -0.1) is 0 Å². The molecule has 6 nitrogen and oxygen atoms in total. The largest absolute Gasteiger partial charge is 0.355 e. The van der Waals surface area contributed by atoms with Gasteiger partial charge in [0.2, 0.25) is 11.8 Å². The summed E-state index contributed by atoms with van der Waals surface area (Å²) >= 11 is 0. The molecule has 2 aliphatic rings. The number of amides is 2. The van der Waals surface area contributed by atoms with Crippen molar-refractivity contribution in [1.82, 2.24) is 5.32 Å². The van der Waals surface area contributed by atoms with Gasteiger partial charge in [0.15, 0.2) is 9.84 Å². The number of sulfone groups is 1. The molecule has 3 rings (SSSR count). The highest BCUT2D eigenvalue weighted by molar-refractivity contribution is 7.91. The molecule has 2 atom stereocenters. The lowest BCUT2D eigenvalue weighted by atomic mass is 9.89. The topological polar surface area (TPSA) is 92.3 Å². The normalized spacial score (nSPS) is 25.5. The molecule has 1 aromatic carbocycles. The quantitative estimate of drug-likeness (QED) is 0.851. The van der Waals surface area contributed by atoms with E-state index in [1.807, 2.05) is 0 Å². The third-order valence-corrected chi connectivity index (χ3v) is 6.10. The van der Waals surface area contributed by atoms with Crippen LogP contribution in [-0.2, 0) is 19.4 Å². The van der Waals surface area contributed by atoms with Crippen molar-refractivity contribution < 1.29 is 22.4 Å². The number of carbonyl (C=O) groups excluding carboxylic acids is 2. The highest BCUT2D eigenvalue weighted by Gasteiger charge is 2.32. The molecular weight excluding hydrogens is 323 g/mol. The molecule has 2 heterocycles. The van der Waals surface area contributed by atoms with E-state index in [0.717, 1.165) is 0 Å². The van der Waals surface area contributed by atoms with Crippen LogP contribution in [0.3, 0.4) is 0 Å². The zero-order valence-corrected chi connectivity index (χ0v) is 13.2. The summed E-state index contributed by atoms with van der Waals surface area (Å²) in [6.45, 7) is 0.271. The van der Waals surface area contributed by atoms with E-state index in [1.165, 1.54) is 18.2 Å². The van der Waals surface area contributed by atoms with Crippen LogP contribution in [0.2, 0.25) is 0 Å². The highest BCUT2D eigenvalue weighted by Crippen LogP contribution is 2.33. The van der Waals surface area contributed by atoms with Gasteiger partial charge in [-0.2, -0.15) is 0 Å². The Morgan fingerprint density at radius 1 is 1.39 bits per heavy atom. The number of anilines is 1. The van der Waals surface area contributed by atoms with Crippen LogP contribution in [0.15, 0.2) is 18.2 Å². The Labute approximate surface area is 133 Å². The summed E-state index contributed by atoms with van der Waals surface area (Å²) in [5.74, 6) is -1.70. The predicted octanol–water partition coefficient (Wildman–Crippen LogP) is 0.802. The number of benzene rings is 1. The Morgan fingerprint density at radius 3 is 2.87 bits per heavy atom. The zero-order valence-electron chi connectivity index (χ0n) is 12.3. The summed E-state index contributed by atoms with van der Waals surface area (Å²) in [5.41, 5.74) is 0.882. The molecule has 8 heteroatoms. The van der Waals surface area contributed by atoms with Crippen molar-refractivity contribution in [2.75, 3.05) is 23.4 Å². The first-order valence-corrected chi connectivity index (χ1v) is 9.23. The molecule has 2 aliphatic heterocycles. The van der Waals surface area contributed by atoms with Crippen molar-refractivity contribution in [1.29, 1.82) is 0 Å². The average molecular weight is 340 g/mol. The van der Waals surface area contributed by atoms with Crippen LogP contribution >= 0.6 is 0 Å². The molecule has 2 N–H and O–H groups in total. The first-order valence-electron chi connectivity index (χ1n) is 7.41. The molecule has 1 aromatic rings. The van der Waals surface area contributed by atoms with Gasteiger partial charge in [0.25, 0.3) is 0 Å². The van der Waals surface area contributed by atoms with Crippen molar-refractivity contribution in [3.05, 3.63) is 29.6 Å². The minimum Gasteiger partial charge on any atom is -0.355 e. The highest BCUT2D eigenvalue weighted by atomic mass is 32.2. The number of halogens is 1. The number of carbonyl (C=O) groups is 2. The Bertz CT molecular complexity index is 763. The number of rotatable bonds is 3. The van der Waals surface area contributed by atoms with E-state index >= 15 is 0 Å². The summed E-state index contributed by atoms with van der Waals surface area (Å²) in [6.07, 6.45) is 0.531.